The summed E-state index contributed by atoms with van der Waals surface area (Å²) in [4.78, 5) is 0. The summed E-state index contributed by atoms with van der Waals surface area (Å²) in [5, 5.41) is 3.23. The normalized spacial score (nSPS) is 18.2. The predicted octanol–water partition coefficient (Wildman–Crippen LogP) is 1.37. The highest BCUT2D eigenvalue weighted by atomic mass is 19.1. The van der Waals surface area contributed by atoms with Crippen molar-refractivity contribution in [3.63, 3.8) is 0 Å². The third kappa shape index (κ3) is 2.71. The van der Waals surface area contributed by atoms with Gasteiger partial charge in [0.15, 0.2) is 0 Å². The average Bonchev–Trinajstić information content (AvgIpc) is 2.66. The molecule has 0 radical (unpaired) electrons. The lowest BCUT2D eigenvalue weighted by molar-refractivity contribution is 0.186. The quantitative estimate of drug-likeness (QED) is 0.768. The molecule has 88 valence electrons. The van der Waals surface area contributed by atoms with E-state index < -0.39 is 0 Å². The fourth-order valence-corrected chi connectivity index (χ4v) is 1.84. The highest BCUT2D eigenvalue weighted by Gasteiger charge is 2.22. The van der Waals surface area contributed by atoms with Gasteiger partial charge in [0.1, 0.15) is 17.7 Å². The molecule has 0 fully saturated rings. The molecule has 0 saturated heterocycles. The summed E-state index contributed by atoms with van der Waals surface area (Å²) in [5.41, 5.74) is 0.957. The van der Waals surface area contributed by atoms with Gasteiger partial charge < -0.3 is 14.8 Å². The van der Waals surface area contributed by atoms with Crippen LogP contribution in [0.4, 0.5) is 4.39 Å². The topological polar surface area (TPSA) is 30.5 Å². The third-order valence-electron chi connectivity index (χ3n) is 2.62. The highest BCUT2D eigenvalue weighted by Crippen LogP contribution is 2.28. The molecule has 16 heavy (non-hydrogen) atoms. The Morgan fingerprint density at radius 1 is 1.56 bits per heavy atom. The van der Waals surface area contributed by atoms with Gasteiger partial charge in [0.25, 0.3) is 0 Å². The second-order valence-corrected chi connectivity index (χ2v) is 3.89. The first-order valence-corrected chi connectivity index (χ1v) is 5.44. The molecule has 1 heterocycles. The van der Waals surface area contributed by atoms with Gasteiger partial charge in [0.2, 0.25) is 0 Å². The van der Waals surface area contributed by atoms with E-state index in [2.05, 4.69) is 5.32 Å². The molecule has 0 spiro atoms. The zero-order valence-electron chi connectivity index (χ0n) is 9.33. The van der Waals surface area contributed by atoms with Crippen molar-refractivity contribution in [2.45, 2.75) is 12.5 Å². The number of rotatable bonds is 5. The Kier molecular flexibility index (Phi) is 3.74. The molecule has 1 N–H and O–H groups in total. The zero-order valence-corrected chi connectivity index (χ0v) is 9.33. The van der Waals surface area contributed by atoms with Crippen molar-refractivity contribution in [1.29, 1.82) is 0 Å². The van der Waals surface area contributed by atoms with Crippen LogP contribution < -0.4 is 10.1 Å². The lowest BCUT2D eigenvalue weighted by atomic mass is 10.1. The molecule has 1 aromatic rings. The second-order valence-electron chi connectivity index (χ2n) is 3.89. The maximum atomic E-state index is 13.0. The Labute approximate surface area is 94.6 Å². The highest BCUT2D eigenvalue weighted by molar-refractivity contribution is 5.37. The summed E-state index contributed by atoms with van der Waals surface area (Å²) in [6.07, 6.45) is 0.876. The predicted molar refractivity (Wildman–Crippen MR) is 59.3 cm³/mol. The van der Waals surface area contributed by atoms with Gasteiger partial charge in [-0.1, -0.05) is 0 Å². The van der Waals surface area contributed by atoms with E-state index >= 15 is 0 Å². The number of hydrogen-bond donors (Lipinski definition) is 1. The number of fused-ring (bicyclic) bond motifs is 1. The largest absolute Gasteiger partial charge is 0.488 e. The van der Waals surface area contributed by atoms with Crippen LogP contribution in [0.3, 0.4) is 0 Å². The molecule has 1 aromatic carbocycles. The minimum atomic E-state index is -0.199. The number of benzene rings is 1. The van der Waals surface area contributed by atoms with E-state index in [1.807, 2.05) is 0 Å². The molecular weight excluding hydrogens is 209 g/mol. The average molecular weight is 225 g/mol. The third-order valence-corrected chi connectivity index (χ3v) is 2.62. The van der Waals surface area contributed by atoms with Gasteiger partial charge in [-0.25, -0.2) is 4.39 Å². The van der Waals surface area contributed by atoms with Crippen LogP contribution in [0.25, 0.3) is 0 Å². The lowest BCUT2D eigenvalue weighted by Crippen LogP contribution is -2.32. The van der Waals surface area contributed by atoms with Crippen molar-refractivity contribution < 1.29 is 13.9 Å². The first-order chi connectivity index (χ1) is 7.79. The van der Waals surface area contributed by atoms with E-state index in [1.165, 1.54) is 6.07 Å². The zero-order chi connectivity index (χ0) is 11.4. The minimum absolute atomic E-state index is 0.105. The maximum Gasteiger partial charge on any atom is 0.123 e. The van der Waals surface area contributed by atoms with E-state index in [0.29, 0.717) is 6.61 Å². The number of ether oxygens (including phenoxy) is 2. The van der Waals surface area contributed by atoms with E-state index in [1.54, 1.807) is 19.2 Å². The summed E-state index contributed by atoms with van der Waals surface area (Å²) < 4.78 is 23.6. The second kappa shape index (κ2) is 5.27. The van der Waals surface area contributed by atoms with Crippen LogP contribution in [0.5, 0.6) is 5.75 Å². The van der Waals surface area contributed by atoms with Crippen LogP contribution in [0.2, 0.25) is 0 Å². The van der Waals surface area contributed by atoms with Crippen molar-refractivity contribution in [1.82, 2.24) is 5.32 Å². The molecule has 0 saturated carbocycles. The molecule has 2 rings (SSSR count). The molecular formula is C12H16FNO2. The smallest absolute Gasteiger partial charge is 0.123 e. The van der Waals surface area contributed by atoms with Crippen molar-refractivity contribution in [2.24, 2.45) is 0 Å². The van der Waals surface area contributed by atoms with Crippen LogP contribution in [0.15, 0.2) is 18.2 Å². The molecule has 1 aliphatic rings. The summed E-state index contributed by atoms with van der Waals surface area (Å²) in [7, 11) is 1.67. The monoisotopic (exact) mass is 225 g/mol. The summed E-state index contributed by atoms with van der Waals surface area (Å²) >= 11 is 0. The van der Waals surface area contributed by atoms with E-state index in [4.69, 9.17) is 9.47 Å². The van der Waals surface area contributed by atoms with Crippen molar-refractivity contribution >= 4 is 0 Å². The molecule has 0 aromatic heterocycles. The Hall–Kier alpha value is -1.13. The summed E-state index contributed by atoms with van der Waals surface area (Å²) in [6, 6.07) is 4.67. The van der Waals surface area contributed by atoms with Crippen LogP contribution >= 0.6 is 0 Å². The maximum absolute atomic E-state index is 13.0. The van der Waals surface area contributed by atoms with Gasteiger partial charge in [0.05, 0.1) is 6.61 Å². The SMILES string of the molecule is COCCNCC1Cc2cc(F)ccc2O1. The van der Waals surface area contributed by atoms with Gasteiger partial charge in [-0.2, -0.15) is 0 Å². The molecule has 3 nitrogen and oxygen atoms in total. The standard InChI is InChI=1S/C12H16FNO2/c1-15-5-4-14-8-11-7-9-6-10(13)2-3-12(9)16-11/h2-3,6,11,14H,4-5,7-8H2,1H3. The van der Waals surface area contributed by atoms with Crippen LogP contribution in [0.1, 0.15) is 5.56 Å². The number of nitrogens with one attached hydrogen (secondary N) is 1. The van der Waals surface area contributed by atoms with Crippen LogP contribution in [-0.4, -0.2) is 32.9 Å². The summed E-state index contributed by atoms with van der Waals surface area (Å²) in [5.74, 6) is 0.607. The number of hydrogen-bond acceptors (Lipinski definition) is 3. The molecule has 1 unspecified atom stereocenters. The molecule has 0 amide bonds. The minimum Gasteiger partial charge on any atom is -0.488 e. The van der Waals surface area contributed by atoms with Crippen LogP contribution in [-0.2, 0) is 11.2 Å². The molecule has 0 bridgehead atoms. The molecule has 4 heteroatoms. The first kappa shape index (κ1) is 11.4. The molecule has 1 atom stereocenters. The number of halogens is 1. The van der Waals surface area contributed by atoms with Gasteiger partial charge in [0, 0.05) is 32.2 Å². The van der Waals surface area contributed by atoms with Crippen molar-refractivity contribution in [3.8, 4) is 5.75 Å². The fraction of sp³-hybridized carbons (Fsp3) is 0.500. The number of methoxy groups -OCH3 is 1. The van der Waals surface area contributed by atoms with Crippen molar-refractivity contribution in [2.75, 3.05) is 26.8 Å². The van der Waals surface area contributed by atoms with E-state index in [9.17, 15) is 4.39 Å². The van der Waals surface area contributed by atoms with E-state index in [0.717, 1.165) is 30.8 Å². The lowest BCUT2D eigenvalue weighted by Gasteiger charge is -2.11. The summed E-state index contributed by atoms with van der Waals surface area (Å²) in [6.45, 7) is 2.26. The van der Waals surface area contributed by atoms with Crippen molar-refractivity contribution in [3.05, 3.63) is 29.6 Å². The van der Waals surface area contributed by atoms with Gasteiger partial charge in [-0.05, 0) is 18.2 Å². The first-order valence-electron chi connectivity index (χ1n) is 5.44. The van der Waals surface area contributed by atoms with Gasteiger partial charge in [-0.15, -0.1) is 0 Å². The Morgan fingerprint density at radius 3 is 3.25 bits per heavy atom. The Balaban J connectivity index is 1.81. The Bertz CT molecular complexity index is 357. The molecule has 1 aliphatic heterocycles. The Morgan fingerprint density at radius 2 is 2.44 bits per heavy atom. The van der Waals surface area contributed by atoms with Gasteiger partial charge in [-0.3, -0.25) is 0 Å². The van der Waals surface area contributed by atoms with Gasteiger partial charge >= 0.3 is 0 Å². The van der Waals surface area contributed by atoms with E-state index in [-0.39, 0.29) is 11.9 Å². The molecule has 0 aliphatic carbocycles. The fourth-order valence-electron chi connectivity index (χ4n) is 1.84. The van der Waals surface area contributed by atoms with Crippen LogP contribution in [0, 0.1) is 5.82 Å².